The van der Waals surface area contributed by atoms with Gasteiger partial charge in [0.15, 0.2) is 11.5 Å². The highest BCUT2D eigenvalue weighted by Gasteiger charge is 2.20. The summed E-state index contributed by atoms with van der Waals surface area (Å²) in [5.74, 6) is -1.28. The van der Waals surface area contributed by atoms with Gasteiger partial charge >= 0.3 is 11.8 Å². The van der Waals surface area contributed by atoms with E-state index in [-0.39, 0.29) is 22.9 Å². The number of hydrogen-bond acceptors (Lipinski definition) is 6. The monoisotopic (exact) mass is 293 g/mol. The third-order valence-electron chi connectivity index (χ3n) is 2.75. The molecule has 0 aliphatic rings. The van der Waals surface area contributed by atoms with Crippen molar-refractivity contribution in [1.29, 1.82) is 0 Å². The third kappa shape index (κ3) is 2.61. The highest BCUT2D eigenvalue weighted by molar-refractivity contribution is 5.93. The predicted octanol–water partition coefficient (Wildman–Crippen LogP) is 1.50. The summed E-state index contributed by atoms with van der Waals surface area (Å²) in [7, 11) is 2.69. The van der Waals surface area contributed by atoms with Crippen LogP contribution in [-0.2, 0) is 0 Å². The van der Waals surface area contributed by atoms with Gasteiger partial charge in [0, 0.05) is 6.07 Å². The Balaban J connectivity index is 2.60. The van der Waals surface area contributed by atoms with Crippen molar-refractivity contribution >= 4 is 11.8 Å². The average Bonchev–Trinajstić information content (AvgIpc) is 2.95. The van der Waals surface area contributed by atoms with Crippen LogP contribution in [0, 0.1) is 10.1 Å². The van der Waals surface area contributed by atoms with Crippen LogP contribution >= 0.6 is 0 Å². The van der Waals surface area contributed by atoms with E-state index in [9.17, 15) is 20.0 Å². The van der Waals surface area contributed by atoms with Crippen LogP contribution in [0.25, 0.3) is 5.69 Å². The van der Waals surface area contributed by atoms with Crippen molar-refractivity contribution in [2.75, 3.05) is 14.2 Å². The van der Waals surface area contributed by atoms with Gasteiger partial charge in [0.1, 0.15) is 11.8 Å². The maximum atomic E-state index is 11.3. The zero-order valence-corrected chi connectivity index (χ0v) is 11.1. The Bertz CT molecular complexity index is 709. The van der Waals surface area contributed by atoms with Crippen LogP contribution in [0.5, 0.6) is 11.5 Å². The molecule has 21 heavy (non-hydrogen) atoms. The van der Waals surface area contributed by atoms with Gasteiger partial charge in [0.2, 0.25) is 6.33 Å². The molecular formula is C12H11N3O6. The van der Waals surface area contributed by atoms with Crippen molar-refractivity contribution < 1.29 is 24.3 Å². The van der Waals surface area contributed by atoms with Gasteiger partial charge in [-0.3, -0.25) is 4.57 Å². The maximum Gasteiger partial charge on any atom is 0.381 e. The standard InChI is InChI=1S/C12H11N3O6/c1-20-9-4-7(3-8(12(16)17)11(9)21-2)14-5-10(13-6-14)15(18)19/h3-6H,1-2H3,(H,16,17). The molecular weight excluding hydrogens is 282 g/mol. The van der Waals surface area contributed by atoms with Crippen LogP contribution in [0.4, 0.5) is 5.82 Å². The fourth-order valence-electron chi connectivity index (χ4n) is 1.81. The Morgan fingerprint density at radius 3 is 2.57 bits per heavy atom. The number of ether oxygens (including phenoxy) is 2. The summed E-state index contributed by atoms with van der Waals surface area (Å²) in [6, 6.07) is 2.81. The van der Waals surface area contributed by atoms with Crippen molar-refractivity contribution in [3.63, 3.8) is 0 Å². The number of benzene rings is 1. The van der Waals surface area contributed by atoms with Gasteiger partial charge in [-0.15, -0.1) is 0 Å². The molecule has 0 atom stereocenters. The number of imidazole rings is 1. The lowest BCUT2D eigenvalue weighted by Gasteiger charge is -2.12. The molecule has 9 nitrogen and oxygen atoms in total. The molecule has 1 aromatic carbocycles. The van der Waals surface area contributed by atoms with Gasteiger partial charge in [-0.2, -0.15) is 0 Å². The largest absolute Gasteiger partial charge is 0.493 e. The second-order valence-corrected chi connectivity index (χ2v) is 3.93. The smallest absolute Gasteiger partial charge is 0.381 e. The molecule has 2 aromatic rings. The summed E-state index contributed by atoms with van der Waals surface area (Å²) in [6.07, 6.45) is 2.39. The zero-order chi connectivity index (χ0) is 15.6. The summed E-state index contributed by atoms with van der Waals surface area (Å²) >= 11 is 0. The molecule has 0 aliphatic heterocycles. The van der Waals surface area contributed by atoms with E-state index in [1.807, 2.05) is 0 Å². The molecule has 110 valence electrons. The molecule has 0 fully saturated rings. The summed E-state index contributed by atoms with van der Waals surface area (Å²) < 4.78 is 11.4. The number of methoxy groups -OCH3 is 2. The molecule has 9 heteroatoms. The number of aromatic nitrogens is 2. The Hall–Kier alpha value is -3.10. The number of carbonyl (C=O) groups is 1. The van der Waals surface area contributed by atoms with Crippen LogP contribution in [0.2, 0.25) is 0 Å². The summed E-state index contributed by atoms with van der Waals surface area (Å²) in [6.45, 7) is 0. The van der Waals surface area contributed by atoms with Gasteiger partial charge < -0.3 is 24.7 Å². The Morgan fingerprint density at radius 1 is 1.38 bits per heavy atom. The van der Waals surface area contributed by atoms with Crippen molar-refractivity contribution in [3.05, 3.63) is 40.3 Å². The minimum Gasteiger partial charge on any atom is -0.493 e. The number of aromatic carboxylic acids is 1. The van der Waals surface area contributed by atoms with Gasteiger partial charge in [-0.25, -0.2) is 4.79 Å². The molecule has 0 spiro atoms. The first-order chi connectivity index (χ1) is 9.97. The fraction of sp³-hybridized carbons (Fsp3) is 0.167. The summed E-state index contributed by atoms with van der Waals surface area (Å²) in [5.41, 5.74) is 0.230. The number of nitro groups is 1. The number of carboxylic acid groups (broad SMARTS) is 1. The fourth-order valence-corrected chi connectivity index (χ4v) is 1.81. The van der Waals surface area contributed by atoms with E-state index >= 15 is 0 Å². The highest BCUT2D eigenvalue weighted by Crippen LogP contribution is 2.34. The summed E-state index contributed by atoms with van der Waals surface area (Å²) in [5, 5.41) is 19.8. The maximum absolute atomic E-state index is 11.3. The van der Waals surface area contributed by atoms with Crippen LogP contribution in [0.15, 0.2) is 24.7 Å². The molecule has 2 rings (SSSR count). The van der Waals surface area contributed by atoms with Crippen molar-refractivity contribution in [2.45, 2.75) is 0 Å². The Labute approximate surface area is 118 Å². The van der Waals surface area contributed by atoms with Crippen molar-refractivity contribution in [3.8, 4) is 17.2 Å². The minimum absolute atomic E-state index is 0.0726. The van der Waals surface area contributed by atoms with Crippen LogP contribution in [0.1, 0.15) is 10.4 Å². The first-order valence-electron chi connectivity index (χ1n) is 5.66. The van der Waals surface area contributed by atoms with E-state index in [0.29, 0.717) is 5.69 Å². The third-order valence-corrected chi connectivity index (χ3v) is 2.75. The van der Waals surface area contributed by atoms with Crippen LogP contribution < -0.4 is 9.47 Å². The summed E-state index contributed by atoms with van der Waals surface area (Å²) in [4.78, 5) is 24.9. The normalized spacial score (nSPS) is 10.2. The molecule has 0 saturated heterocycles. The van der Waals surface area contributed by atoms with E-state index in [2.05, 4.69) is 4.98 Å². The van der Waals surface area contributed by atoms with Gasteiger partial charge in [0.05, 0.1) is 19.9 Å². The predicted molar refractivity (Wildman–Crippen MR) is 70.3 cm³/mol. The number of nitrogens with zero attached hydrogens (tertiary/aromatic N) is 3. The first kappa shape index (κ1) is 14.3. The highest BCUT2D eigenvalue weighted by atomic mass is 16.6. The van der Waals surface area contributed by atoms with Crippen LogP contribution in [0.3, 0.4) is 0 Å². The number of rotatable bonds is 5. The second kappa shape index (κ2) is 5.49. The second-order valence-electron chi connectivity index (χ2n) is 3.93. The molecule has 1 heterocycles. The quantitative estimate of drug-likeness (QED) is 0.655. The van der Waals surface area contributed by atoms with E-state index in [0.717, 1.165) is 0 Å². The van der Waals surface area contributed by atoms with E-state index in [4.69, 9.17) is 9.47 Å². The average molecular weight is 293 g/mol. The van der Waals surface area contributed by atoms with E-state index in [1.54, 1.807) is 0 Å². The van der Waals surface area contributed by atoms with Crippen molar-refractivity contribution in [2.24, 2.45) is 0 Å². The van der Waals surface area contributed by atoms with E-state index < -0.39 is 10.9 Å². The minimum atomic E-state index is -1.21. The first-order valence-corrected chi connectivity index (χ1v) is 5.66. The van der Waals surface area contributed by atoms with E-state index in [1.165, 1.54) is 43.4 Å². The molecule has 1 aromatic heterocycles. The number of carboxylic acids is 1. The topological polar surface area (TPSA) is 117 Å². The SMILES string of the molecule is COc1cc(-n2cnc([N+](=O)[O-])c2)cc(C(=O)O)c1OC. The van der Waals surface area contributed by atoms with Crippen LogP contribution in [-0.4, -0.2) is 39.8 Å². The Morgan fingerprint density at radius 2 is 2.10 bits per heavy atom. The lowest BCUT2D eigenvalue weighted by molar-refractivity contribution is -0.389. The number of hydrogen-bond donors (Lipinski definition) is 1. The molecule has 0 aliphatic carbocycles. The van der Waals surface area contributed by atoms with Gasteiger partial charge in [-0.1, -0.05) is 0 Å². The lowest BCUT2D eigenvalue weighted by atomic mass is 10.1. The zero-order valence-electron chi connectivity index (χ0n) is 11.1. The van der Waals surface area contributed by atoms with Gasteiger partial charge in [-0.05, 0) is 16.0 Å². The lowest BCUT2D eigenvalue weighted by Crippen LogP contribution is -2.05. The van der Waals surface area contributed by atoms with Gasteiger partial charge in [0.25, 0.3) is 0 Å². The molecule has 0 radical (unpaired) electrons. The molecule has 0 amide bonds. The molecule has 1 N–H and O–H groups in total. The van der Waals surface area contributed by atoms with Crippen molar-refractivity contribution in [1.82, 2.24) is 9.55 Å². The molecule has 0 unspecified atom stereocenters. The molecule has 0 bridgehead atoms. The molecule has 0 saturated carbocycles. The Kier molecular flexibility index (Phi) is 3.74.